The van der Waals surface area contributed by atoms with Crippen molar-refractivity contribution in [2.24, 2.45) is 10.7 Å². The number of guanidine groups is 1. The van der Waals surface area contributed by atoms with Gasteiger partial charge < -0.3 is 15.4 Å². The van der Waals surface area contributed by atoms with E-state index >= 15 is 0 Å². The Balaban J connectivity index is 0.00000225. The van der Waals surface area contributed by atoms with Crippen molar-refractivity contribution in [3.05, 3.63) is 35.9 Å². The number of halogens is 1. The second kappa shape index (κ2) is 10.9. The average Bonchev–Trinajstić information content (AvgIpc) is 2.65. The SMILES string of the molecule is I.NC(=NCCN1CCN(Cc2ccccc2)CC1)N1CCOCC1. The lowest BCUT2D eigenvalue weighted by Crippen LogP contribution is -2.47. The zero-order valence-electron chi connectivity index (χ0n) is 14.8. The van der Waals surface area contributed by atoms with E-state index in [0.717, 1.165) is 72.1 Å². The first-order valence-corrected chi connectivity index (χ1v) is 8.92. The second-order valence-corrected chi connectivity index (χ2v) is 6.44. The third-order valence-electron chi connectivity index (χ3n) is 4.74. The van der Waals surface area contributed by atoms with Gasteiger partial charge in [-0.15, -0.1) is 24.0 Å². The van der Waals surface area contributed by atoms with Crippen LogP contribution in [0.15, 0.2) is 35.3 Å². The standard InChI is InChI=1S/C18H29N5O.HI/c19-18(23-12-14-24-15-13-23)20-6-7-21-8-10-22(11-9-21)16-17-4-2-1-3-5-17;/h1-5H,6-16H2,(H2,19,20);1H. The third-order valence-corrected chi connectivity index (χ3v) is 4.74. The zero-order chi connectivity index (χ0) is 16.6. The predicted octanol–water partition coefficient (Wildman–Crippen LogP) is 1.07. The van der Waals surface area contributed by atoms with Gasteiger partial charge in [0.25, 0.3) is 0 Å². The van der Waals surface area contributed by atoms with E-state index < -0.39 is 0 Å². The predicted molar refractivity (Wildman–Crippen MR) is 112 cm³/mol. The van der Waals surface area contributed by atoms with Gasteiger partial charge in [-0.2, -0.15) is 0 Å². The van der Waals surface area contributed by atoms with Crippen LogP contribution in [0.2, 0.25) is 0 Å². The zero-order valence-corrected chi connectivity index (χ0v) is 17.2. The molecule has 0 unspecified atom stereocenters. The highest BCUT2D eigenvalue weighted by atomic mass is 127. The minimum absolute atomic E-state index is 0. The number of aliphatic imine (C=N–C) groups is 1. The first kappa shape index (κ1) is 20.4. The molecule has 0 aromatic heterocycles. The van der Waals surface area contributed by atoms with Crippen LogP contribution in [0.25, 0.3) is 0 Å². The van der Waals surface area contributed by atoms with Gasteiger partial charge in [0.15, 0.2) is 5.96 Å². The van der Waals surface area contributed by atoms with Crippen LogP contribution in [0.1, 0.15) is 5.56 Å². The van der Waals surface area contributed by atoms with Crippen LogP contribution >= 0.6 is 24.0 Å². The first-order chi connectivity index (χ1) is 11.8. The summed E-state index contributed by atoms with van der Waals surface area (Å²) >= 11 is 0. The van der Waals surface area contributed by atoms with Crippen molar-refractivity contribution in [3.8, 4) is 0 Å². The molecule has 2 N–H and O–H groups in total. The topological polar surface area (TPSA) is 57.3 Å². The van der Waals surface area contributed by atoms with Crippen LogP contribution in [0.3, 0.4) is 0 Å². The molecule has 0 atom stereocenters. The summed E-state index contributed by atoms with van der Waals surface area (Å²) in [7, 11) is 0. The molecule has 0 aliphatic carbocycles. The fourth-order valence-corrected chi connectivity index (χ4v) is 3.21. The van der Waals surface area contributed by atoms with Crippen LogP contribution in [0.5, 0.6) is 0 Å². The molecule has 2 saturated heterocycles. The largest absolute Gasteiger partial charge is 0.378 e. The monoisotopic (exact) mass is 459 g/mol. The third kappa shape index (κ3) is 6.73. The minimum atomic E-state index is 0. The number of piperazine rings is 1. The van der Waals surface area contributed by atoms with Crippen molar-refractivity contribution in [1.29, 1.82) is 0 Å². The molecular formula is C18H30IN5O. The van der Waals surface area contributed by atoms with E-state index in [1.54, 1.807) is 0 Å². The fourth-order valence-electron chi connectivity index (χ4n) is 3.21. The lowest BCUT2D eigenvalue weighted by molar-refractivity contribution is 0.0673. The van der Waals surface area contributed by atoms with Gasteiger partial charge in [-0.05, 0) is 5.56 Å². The number of benzene rings is 1. The molecule has 0 spiro atoms. The molecule has 2 aliphatic rings. The Kier molecular flexibility index (Phi) is 8.94. The Morgan fingerprint density at radius 2 is 1.60 bits per heavy atom. The highest BCUT2D eigenvalue weighted by molar-refractivity contribution is 14.0. The van der Waals surface area contributed by atoms with Gasteiger partial charge >= 0.3 is 0 Å². The molecule has 6 nitrogen and oxygen atoms in total. The molecule has 0 radical (unpaired) electrons. The molecule has 1 aromatic rings. The Hall–Kier alpha value is -0.900. The summed E-state index contributed by atoms with van der Waals surface area (Å²) in [6.45, 7) is 10.5. The van der Waals surface area contributed by atoms with Gasteiger partial charge in [-0.3, -0.25) is 14.8 Å². The summed E-state index contributed by atoms with van der Waals surface area (Å²) in [4.78, 5) is 11.7. The molecular weight excluding hydrogens is 429 g/mol. The normalized spacial score (nSPS) is 20.3. The van der Waals surface area contributed by atoms with Crippen LogP contribution in [0, 0.1) is 0 Å². The molecule has 1 aromatic carbocycles. The van der Waals surface area contributed by atoms with Crippen molar-refractivity contribution >= 4 is 29.9 Å². The van der Waals surface area contributed by atoms with E-state index in [1.165, 1.54) is 5.56 Å². The summed E-state index contributed by atoms with van der Waals surface area (Å²) in [6.07, 6.45) is 0. The summed E-state index contributed by atoms with van der Waals surface area (Å²) in [5, 5.41) is 0. The molecule has 2 heterocycles. The smallest absolute Gasteiger partial charge is 0.191 e. The van der Waals surface area contributed by atoms with Gasteiger partial charge in [0.05, 0.1) is 19.8 Å². The van der Waals surface area contributed by atoms with Crippen molar-refractivity contribution < 1.29 is 4.74 Å². The first-order valence-electron chi connectivity index (χ1n) is 8.92. The fraction of sp³-hybridized carbons (Fsp3) is 0.611. The summed E-state index contributed by atoms with van der Waals surface area (Å²) < 4.78 is 5.34. The Labute approximate surface area is 168 Å². The molecule has 2 fully saturated rings. The van der Waals surface area contributed by atoms with E-state index in [9.17, 15) is 0 Å². The molecule has 140 valence electrons. The number of nitrogens with zero attached hydrogens (tertiary/aromatic N) is 4. The maximum absolute atomic E-state index is 6.07. The Morgan fingerprint density at radius 3 is 2.28 bits per heavy atom. The minimum Gasteiger partial charge on any atom is -0.378 e. The second-order valence-electron chi connectivity index (χ2n) is 6.44. The molecule has 0 amide bonds. The molecule has 3 rings (SSSR count). The van der Waals surface area contributed by atoms with Gasteiger partial charge in [0, 0.05) is 52.4 Å². The number of hydrogen-bond donors (Lipinski definition) is 1. The van der Waals surface area contributed by atoms with Crippen LogP contribution in [-0.2, 0) is 11.3 Å². The Bertz CT molecular complexity index is 513. The molecule has 0 bridgehead atoms. The number of rotatable bonds is 5. The maximum atomic E-state index is 6.07. The van der Waals surface area contributed by atoms with E-state index in [2.05, 4.69) is 50.0 Å². The number of morpholine rings is 1. The van der Waals surface area contributed by atoms with Gasteiger partial charge in [0.2, 0.25) is 0 Å². The highest BCUT2D eigenvalue weighted by Gasteiger charge is 2.17. The van der Waals surface area contributed by atoms with Crippen LogP contribution in [-0.4, -0.2) is 86.2 Å². The van der Waals surface area contributed by atoms with Crippen molar-refractivity contribution in [2.45, 2.75) is 6.54 Å². The molecule has 7 heteroatoms. The Morgan fingerprint density at radius 1 is 0.960 bits per heavy atom. The maximum Gasteiger partial charge on any atom is 0.191 e. The molecule has 25 heavy (non-hydrogen) atoms. The lowest BCUT2D eigenvalue weighted by Gasteiger charge is -2.34. The lowest BCUT2D eigenvalue weighted by atomic mass is 10.2. The van der Waals surface area contributed by atoms with Crippen LogP contribution < -0.4 is 5.73 Å². The van der Waals surface area contributed by atoms with E-state index in [0.29, 0.717) is 5.96 Å². The molecule has 2 aliphatic heterocycles. The highest BCUT2D eigenvalue weighted by Crippen LogP contribution is 2.08. The van der Waals surface area contributed by atoms with Crippen molar-refractivity contribution in [3.63, 3.8) is 0 Å². The van der Waals surface area contributed by atoms with Gasteiger partial charge in [-0.25, -0.2) is 0 Å². The number of nitrogens with two attached hydrogens (primary N) is 1. The van der Waals surface area contributed by atoms with E-state index in [1.807, 2.05) is 0 Å². The van der Waals surface area contributed by atoms with E-state index in [-0.39, 0.29) is 24.0 Å². The quantitative estimate of drug-likeness (QED) is 0.406. The average molecular weight is 459 g/mol. The summed E-state index contributed by atoms with van der Waals surface area (Å²) in [6, 6.07) is 10.7. The molecule has 0 saturated carbocycles. The van der Waals surface area contributed by atoms with Crippen molar-refractivity contribution in [1.82, 2.24) is 14.7 Å². The number of ether oxygens (including phenoxy) is 1. The van der Waals surface area contributed by atoms with Gasteiger partial charge in [-0.1, -0.05) is 30.3 Å². The van der Waals surface area contributed by atoms with Crippen LogP contribution in [0.4, 0.5) is 0 Å². The number of hydrogen-bond acceptors (Lipinski definition) is 4. The van der Waals surface area contributed by atoms with Gasteiger partial charge in [0.1, 0.15) is 0 Å². The summed E-state index contributed by atoms with van der Waals surface area (Å²) in [5.41, 5.74) is 7.46. The van der Waals surface area contributed by atoms with Crippen molar-refractivity contribution in [2.75, 3.05) is 65.6 Å². The van der Waals surface area contributed by atoms with E-state index in [4.69, 9.17) is 10.5 Å². The summed E-state index contributed by atoms with van der Waals surface area (Å²) in [5.74, 6) is 0.668.